The molecule has 104 valence electrons. The Bertz CT molecular complexity index is 597. The molecule has 2 aliphatic rings. The summed E-state index contributed by atoms with van der Waals surface area (Å²) < 4.78 is 5.30. The molecule has 0 aromatic heterocycles. The smallest absolute Gasteiger partial charge is 0.251 e. The van der Waals surface area contributed by atoms with Crippen LogP contribution in [-0.4, -0.2) is 23.8 Å². The van der Waals surface area contributed by atoms with E-state index in [0.29, 0.717) is 25.2 Å². The second-order valence-corrected chi connectivity index (χ2v) is 4.95. The van der Waals surface area contributed by atoms with Gasteiger partial charge in [-0.05, 0) is 29.7 Å². The topological polar surface area (TPSA) is 84.5 Å². The highest BCUT2D eigenvalue weighted by Crippen LogP contribution is 2.21. The summed E-state index contributed by atoms with van der Waals surface area (Å²) >= 11 is 0. The standard InChI is InChI=1S/C14H14N2O4/c17-12-4-3-11(14(19)16-12)15-13(18)8-1-2-9-6-20-7-10(9)5-8/h1-2,5,11H,3-4,6-7H2,(H,15,18)(H,16,17,19). The zero-order chi connectivity index (χ0) is 14.1. The number of carbonyl (C=O) groups excluding carboxylic acids is 3. The Hall–Kier alpha value is -2.21. The monoisotopic (exact) mass is 274 g/mol. The van der Waals surface area contributed by atoms with Gasteiger partial charge in [-0.25, -0.2) is 0 Å². The van der Waals surface area contributed by atoms with E-state index < -0.39 is 11.9 Å². The van der Waals surface area contributed by atoms with Gasteiger partial charge in [0.2, 0.25) is 11.8 Å². The molecule has 6 nitrogen and oxygen atoms in total. The highest BCUT2D eigenvalue weighted by molar-refractivity contribution is 6.03. The first-order chi connectivity index (χ1) is 9.63. The van der Waals surface area contributed by atoms with Crippen molar-refractivity contribution < 1.29 is 19.1 Å². The summed E-state index contributed by atoms with van der Waals surface area (Å²) in [5.41, 5.74) is 2.59. The van der Waals surface area contributed by atoms with Crippen molar-refractivity contribution in [2.24, 2.45) is 0 Å². The lowest BCUT2D eigenvalue weighted by Gasteiger charge is -2.21. The predicted octanol–water partition coefficient (Wildman–Crippen LogP) is 0.252. The van der Waals surface area contributed by atoms with Crippen molar-refractivity contribution in [3.8, 4) is 0 Å². The van der Waals surface area contributed by atoms with Gasteiger partial charge in [0.15, 0.2) is 0 Å². The fraction of sp³-hybridized carbons (Fsp3) is 0.357. The molecule has 3 amide bonds. The van der Waals surface area contributed by atoms with Crippen molar-refractivity contribution in [1.29, 1.82) is 0 Å². The lowest BCUT2D eigenvalue weighted by Crippen LogP contribution is -2.52. The van der Waals surface area contributed by atoms with Crippen molar-refractivity contribution in [2.75, 3.05) is 0 Å². The second kappa shape index (κ2) is 5.05. The summed E-state index contributed by atoms with van der Waals surface area (Å²) in [4.78, 5) is 34.8. The summed E-state index contributed by atoms with van der Waals surface area (Å²) in [7, 11) is 0. The van der Waals surface area contributed by atoms with Crippen molar-refractivity contribution >= 4 is 17.7 Å². The first-order valence-corrected chi connectivity index (χ1v) is 6.47. The SMILES string of the molecule is O=C1CCC(NC(=O)c2ccc3c(c2)COC3)C(=O)N1. The maximum absolute atomic E-state index is 12.1. The van der Waals surface area contributed by atoms with Gasteiger partial charge in [0.25, 0.3) is 5.91 Å². The van der Waals surface area contributed by atoms with Gasteiger partial charge in [-0.3, -0.25) is 19.7 Å². The maximum atomic E-state index is 12.1. The van der Waals surface area contributed by atoms with Crippen LogP contribution in [0.1, 0.15) is 34.3 Å². The van der Waals surface area contributed by atoms with E-state index in [2.05, 4.69) is 10.6 Å². The Labute approximate surface area is 115 Å². The van der Waals surface area contributed by atoms with Crippen molar-refractivity contribution in [3.63, 3.8) is 0 Å². The maximum Gasteiger partial charge on any atom is 0.251 e. The highest BCUT2D eigenvalue weighted by atomic mass is 16.5. The number of fused-ring (bicyclic) bond motifs is 1. The molecular weight excluding hydrogens is 260 g/mol. The van der Waals surface area contributed by atoms with E-state index in [4.69, 9.17) is 4.74 Å². The van der Waals surface area contributed by atoms with Crippen LogP contribution >= 0.6 is 0 Å². The van der Waals surface area contributed by atoms with Gasteiger partial charge >= 0.3 is 0 Å². The number of ether oxygens (including phenoxy) is 1. The van der Waals surface area contributed by atoms with Crippen LogP contribution in [0.4, 0.5) is 0 Å². The van der Waals surface area contributed by atoms with Gasteiger partial charge in [-0.2, -0.15) is 0 Å². The average Bonchev–Trinajstić information content (AvgIpc) is 2.89. The number of rotatable bonds is 2. The second-order valence-electron chi connectivity index (χ2n) is 4.95. The Morgan fingerprint density at radius 2 is 2.05 bits per heavy atom. The van der Waals surface area contributed by atoms with Gasteiger partial charge in [0, 0.05) is 12.0 Å². The number of nitrogens with one attached hydrogen (secondary N) is 2. The van der Waals surface area contributed by atoms with Crippen LogP contribution in [0.25, 0.3) is 0 Å². The average molecular weight is 274 g/mol. The zero-order valence-electron chi connectivity index (χ0n) is 10.8. The van der Waals surface area contributed by atoms with E-state index in [9.17, 15) is 14.4 Å². The van der Waals surface area contributed by atoms with Gasteiger partial charge in [0.05, 0.1) is 13.2 Å². The Kier molecular flexibility index (Phi) is 3.23. The van der Waals surface area contributed by atoms with Crippen LogP contribution in [0.15, 0.2) is 18.2 Å². The lowest BCUT2D eigenvalue weighted by molar-refractivity contribution is -0.134. The molecule has 1 atom stereocenters. The summed E-state index contributed by atoms with van der Waals surface area (Å²) in [6, 6.07) is 4.71. The fourth-order valence-corrected chi connectivity index (χ4v) is 2.39. The number of carbonyl (C=O) groups is 3. The molecule has 1 aromatic carbocycles. The van der Waals surface area contributed by atoms with Crippen molar-refractivity contribution in [2.45, 2.75) is 32.1 Å². The quantitative estimate of drug-likeness (QED) is 0.757. The van der Waals surface area contributed by atoms with Crippen LogP contribution in [0, 0.1) is 0 Å². The molecule has 20 heavy (non-hydrogen) atoms. The molecule has 2 heterocycles. The van der Waals surface area contributed by atoms with Crippen LogP contribution in [0.2, 0.25) is 0 Å². The van der Waals surface area contributed by atoms with E-state index in [1.165, 1.54) is 0 Å². The Balaban J connectivity index is 1.70. The number of piperidine rings is 1. The minimum absolute atomic E-state index is 0.245. The van der Waals surface area contributed by atoms with Crippen LogP contribution in [0.5, 0.6) is 0 Å². The molecule has 0 radical (unpaired) electrons. The molecule has 1 fully saturated rings. The molecule has 0 aliphatic carbocycles. The van der Waals surface area contributed by atoms with E-state index in [1.807, 2.05) is 6.07 Å². The van der Waals surface area contributed by atoms with E-state index in [0.717, 1.165) is 11.1 Å². The van der Waals surface area contributed by atoms with E-state index in [-0.39, 0.29) is 18.2 Å². The molecule has 0 saturated carbocycles. The van der Waals surface area contributed by atoms with Gasteiger partial charge in [-0.15, -0.1) is 0 Å². The third-order valence-electron chi connectivity index (χ3n) is 3.53. The van der Waals surface area contributed by atoms with Crippen molar-refractivity contribution in [3.05, 3.63) is 34.9 Å². The van der Waals surface area contributed by atoms with Crippen molar-refractivity contribution in [1.82, 2.24) is 10.6 Å². The fourth-order valence-electron chi connectivity index (χ4n) is 2.39. The number of imide groups is 1. The predicted molar refractivity (Wildman–Crippen MR) is 68.6 cm³/mol. The third-order valence-corrected chi connectivity index (χ3v) is 3.53. The number of benzene rings is 1. The number of hydrogen-bond donors (Lipinski definition) is 2. The summed E-state index contributed by atoms with van der Waals surface area (Å²) in [6.45, 7) is 1.08. The molecular formula is C14H14N2O4. The molecule has 2 N–H and O–H groups in total. The molecule has 0 spiro atoms. The Morgan fingerprint density at radius 1 is 1.25 bits per heavy atom. The van der Waals surface area contributed by atoms with Gasteiger partial charge in [0.1, 0.15) is 6.04 Å². The molecule has 1 saturated heterocycles. The molecule has 3 rings (SSSR count). The third kappa shape index (κ3) is 2.42. The number of amides is 3. The lowest BCUT2D eigenvalue weighted by atomic mass is 10.0. The largest absolute Gasteiger partial charge is 0.372 e. The summed E-state index contributed by atoms with van der Waals surface area (Å²) in [6.07, 6.45) is 0.583. The number of hydrogen-bond acceptors (Lipinski definition) is 4. The van der Waals surface area contributed by atoms with Crippen LogP contribution in [-0.2, 0) is 27.5 Å². The minimum Gasteiger partial charge on any atom is -0.372 e. The molecule has 6 heteroatoms. The molecule has 2 aliphatic heterocycles. The first kappa shape index (κ1) is 12.8. The minimum atomic E-state index is -0.648. The van der Waals surface area contributed by atoms with Crippen LogP contribution in [0.3, 0.4) is 0 Å². The van der Waals surface area contributed by atoms with Gasteiger partial charge < -0.3 is 10.1 Å². The first-order valence-electron chi connectivity index (χ1n) is 6.47. The summed E-state index contributed by atoms with van der Waals surface area (Å²) in [5.74, 6) is -1.05. The molecule has 0 bridgehead atoms. The Morgan fingerprint density at radius 3 is 2.85 bits per heavy atom. The summed E-state index contributed by atoms with van der Waals surface area (Å²) in [5, 5.41) is 4.87. The normalized spacial score (nSPS) is 21.3. The zero-order valence-corrected chi connectivity index (χ0v) is 10.8. The van der Waals surface area contributed by atoms with Gasteiger partial charge in [-0.1, -0.05) is 6.07 Å². The van der Waals surface area contributed by atoms with E-state index in [1.54, 1.807) is 12.1 Å². The van der Waals surface area contributed by atoms with E-state index >= 15 is 0 Å². The molecule has 1 unspecified atom stereocenters. The molecule has 1 aromatic rings. The highest BCUT2D eigenvalue weighted by Gasteiger charge is 2.28. The van der Waals surface area contributed by atoms with Crippen LogP contribution < -0.4 is 10.6 Å².